The zero-order valence-corrected chi connectivity index (χ0v) is 17.0. The molecule has 0 N–H and O–H groups in total. The number of hydrogen-bond donors (Lipinski definition) is 0. The van der Waals surface area contributed by atoms with Gasteiger partial charge in [0.25, 0.3) is 5.91 Å². The second kappa shape index (κ2) is 8.57. The first-order valence-corrected chi connectivity index (χ1v) is 10.2. The van der Waals surface area contributed by atoms with E-state index in [-0.39, 0.29) is 30.4 Å². The summed E-state index contributed by atoms with van der Waals surface area (Å²) in [5.74, 6) is 0.596. The average molecular weight is 407 g/mol. The van der Waals surface area contributed by atoms with Gasteiger partial charge in [-0.05, 0) is 42.7 Å². The van der Waals surface area contributed by atoms with Crippen molar-refractivity contribution in [1.82, 2.24) is 9.80 Å². The molecule has 30 heavy (non-hydrogen) atoms. The lowest BCUT2D eigenvalue weighted by Crippen LogP contribution is -2.48. The smallest absolute Gasteiger partial charge is 0.332 e. The van der Waals surface area contributed by atoms with Gasteiger partial charge in [0.05, 0.1) is 19.2 Å². The minimum absolute atomic E-state index is 0.0315. The number of carbonyl (C=O) groups excluding carboxylic acids is 3. The first kappa shape index (κ1) is 19.9. The quantitative estimate of drug-likeness (QED) is 0.715. The molecule has 2 aliphatic heterocycles. The van der Waals surface area contributed by atoms with Gasteiger partial charge in [0.2, 0.25) is 5.91 Å². The van der Waals surface area contributed by atoms with Gasteiger partial charge in [0, 0.05) is 19.1 Å². The summed E-state index contributed by atoms with van der Waals surface area (Å²) in [6.07, 6.45) is 1.67. The van der Waals surface area contributed by atoms with E-state index in [9.17, 15) is 14.4 Å². The Labute approximate surface area is 175 Å². The molecule has 0 bridgehead atoms. The Kier molecular flexibility index (Phi) is 5.70. The molecule has 0 unspecified atom stereocenters. The predicted octanol–water partition coefficient (Wildman–Crippen LogP) is 2.70. The second-order valence-corrected chi connectivity index (χ2v) is 7.62. The van der Waals surface area contributed by atoms with Crippen LogP contribution in [0.25, 0.3) is 0 Å². The molecular weight excluding hydrogens is 382 g/mol. The number of para-hydroxylation sites is 1. The summed E-state index contributed by atoms with van der Waals surface area (Å²) in [4.78, 5) is 42.8. The summed E-state index contributed by atoms with van der Waals surface area (Å²) in [6.45, 7) is 1.25. The summed E-state index contributed by atoms with van der Waals surface area (Å²) in [5, 5.41) is 0. The first-order valence-electron chi connectivity index (χ1n) is 10.2. The zero-order valence-electron chi connectivity index (χ0n) is 17.0. The summed E-state index contributed by atoms with van der Waals surface area (Å²) in [5.41, 5.74) is 1.51. The van der Waals surface area contributed by atoms with Crippen molar-refractivity contribution in [3.63, 3.8) is 0 Å². The van der Waals surface area contributed by atoms with Crippen LogP contribution in [-0.2, 0) is 16.0 Å². The van der Waals surface area contributed by atoms with Crippen molar-refractivity contribution in [1.29, 1.82) is 0 Å². The third-order valence-electron chi connectivity index (χ3n) is 5.75. The number of anilines is 1. The zero-order chi connectivity index (χ0) is 21.1. The Bertz CT molecular complexity index is 938. The van der Waals surface area contributed by atoms with E-state index in [0.717, 1.165) is 11.3 Å². The second-order valence-electron chi connectivity index (χ2n) is 7.62. The van der Waals surface area contributed by atoms with Crippen LogP contribution in [0.3, 0.4) is 0 Å². The molecule has 0 saturated carbocycles. The Morgan fingerprint density at radius 1 is 1.03 bits per heavy atom. The first-order chi connectivity index (χ1) is 14.6. The van der Waals surface area contributed by atoms with E-state index in [1.807, 2.05) is 47.4 Å². The van der Waals surface area contributed by atoms with E-state index in [1.165, 1.54) is 4.90 Å². The predicted molar refractivity (Wildman–Crippen MR) is 112 cm³/mol. The van der Waals surface area contributed by atoms with Gasteiger partial charge in [-0.15, -0.1) is 0 Å². The monoisotopic (exact) mass is 407 g/mol. The standard InChI is InChI=1S/C23H25N3O4/c1-30-20-9-5-6-17(14-20)15-21(27)24-12-10-18(11-13-24)25-16-22(28)26(23(25)29)19-7-3-2-4-8-19/h2-9,14,18H,10-13,15-16H2,1H3. The minimum Gasteiger partial charge on any atom is -0.497 e. The van der Waals surface area contributed by atoms with Crippen molar-refractivity contribution >= 4 is 23.5 Å². The molecule has 0 radical (unpaired) electrons. The number of likely N-dealkylation sites (tertiary alicyclic amines) is 1. The summed E-state index contributed by atoms with van der Waals surface area (Å²) < 4.78 is 5.22. The molecule has 4 amide bonds. The molecule has 2 aliphatic rings. The molecular formula is C23H25N3O4. The summed E-state index contributed by atoms with van der Waals surface area (Å²) >= 11 is 0. The van der Waals surface area contributed by atoms with Crippen molar-refractivity contribution < 1.29 is 19.1 Å². The van der Waals surface area contributed by atoms with Crippen LogP contribution in [-0.4, -0.2) is 60.4 Å². The maximum absolute atomic E-state index is 12.9. The lowest BCUT2D eigenvalue weighted by molar-refractivity contribution is -0.132. The van der Waals surface area contributed by atoms with Crippen LogP contribution < -0.4 is 9.64 Å². The minimum atomic E-state index is -0.271. The lowest BCUT2D eigenvalue weighted by atomic mass is 10.0. The number of imide groups is 1. The average Bonchev–Trinajstić information content (AvgIpc) is 3.08. The van der Waals surface area contributed by atoms with Crippen molar-refractivity contribution in [3.8, 4) is 5.75 Å². The van der Waals surface area contributed by atoms with E-state index in [2.05, 4.69) is 0 Å². The Morgan fingerprint density at radius 2 is 1.77 bits per heavy atom. The SMILES string of the molecule is COc1cccc(CC(=O)N2CCC(N3CC(=O)N(c4ccccc4)C3=O)CC2)c1. The molecule has 0 atom stereocenters. The van der Waals surface area contributed by atoms with E-state index >= 15 is 0 Å². The highest BCUT2D eigenvalue weighted by molar-refractivity contribution is 6.19. The maximum Gasteiger partial charge on any atom is 0.332 e. The van der Waals surface area contributed by atoms with Crippen LogP contribution in [0.1, 0.15) is 18.4 Å². The topological polar surface area (TPSA) is 70.2 Å². The highest BCUT2D eigenvalue weighted by Crippen LogP contribution is 2.26. The van der Waals surface area contributed by atoms with E-state index < -0.39 is 0 Å². The third-order valence-corrected chi connectivity index (χ3v) is 5.75. The number of piperidine rings is 1. The fourth-order valence-corrected chi connectivity index (χ4v) is 4.13. The number of methoxy groups -OCH3 is 1. The van der Waals surface area contributed by atoms with Crippen LogP contribution in [0.15, 0.2) is 54.6 Å². The largest absolute Gasteiger partial charge is 0.497 e. The Hall–Kier alpha value is -3.35. The van der Waals surface area contributed by atoms with Crippen molar-refractivity contribution in [2.24, 2.45) is 0 Å². The lowest BCUT2D eigenvalue weighted by Gasteiger charge is -2.36. The van der Waals surface area contributed by atoms with Crippen molar-refractivity contribution in [2.45, 2.75) is 25.3 Å². The molecule has 4 rings (SSSR count). The van der Waals surface area contributed by atoms with Gasteiger partial charge in [0.1, 0.15) is 12.3 Å². The number of urea groups is 1. The molecule has 2 heterocycles. The maximum atomic E-state index is 12.9. The fraction of sp³-hybridized carbons (Fsp3) is 0.348. The molecule has 2 saturated heterocycles. The Balaban J connectivity index is 1.35. The number of ether oxygens (including phenoxy) is 1. The molecule has 7 heteroatoms. The number of rotatable bonds is 5. The normalized spacial score (nSPS) is 17.6. The molecule has 0 spiro atoms. The molecule has 2 fully saturated rings. The van der Waals surface area contributed by atoms with Crippen molar-refractivity contribution in [3.05, 3.63) is 60.2 Å². The van der Waals surface area contributed by atoms with Gasteiger partial charge in [-0.1, -0.05) is 30.3 Å². The number of nitrogens with zero attached hydrogens (tertiary/aromatic N) is 3. The molecule has 7 nitrogen and oxygen atoms in total. The van der Waals surface area contributed by atoms with Crippen LogP contribution in [0.4, 0.5) is 10.5 Å². The summed E-state index contributed by atoms with van der Waals surface area (Å²) in [6, 6.07) is 16.2. The van der Waals surface area contributed by atoms with Crippen LogP contribution in [0, 0.1) is 0 Å². The highest BCUT2D eigenvalue weighted by atomic mass is 16.5. The highest BCUT2D eigenvalue weighted by Gasteiger charge is 2.41. The molecule has 0 aliphatic carbocycles. The Morgan fingerprint density at radius 3 is 2.47 bits per heavy atom. The third kappa shape index (κ3) is 4.01. The molecule has 0 aromatic heterocycles. The van der Waals surface area contributed by atoms with Gasteiger partial charge in [-0.25, -0.2) is 9.69 Å². The van der Waals surface area contributed by atoms with E-state index in [1.54, 1.807) is 24.1 Å². The van der Waals surface area contributed by atoms with Gasteiger partial charge >= 0.3 is 6.03 Å². The number of hydrogen-bond acceptors (Lipinski definition) is 4. The fourth-order valence-electron chi connectivity index (χ4n) is 4.13. The van der Waals surface area contributed by atoms with Crippen LogP contribution in [0.2, 0.25) is 0 Å². The van der Waals surface area contributed by atoms with Crippen LogP contribution >= 0.6 is 0 Å². The van der Waals surface area contributed by atoms with Crippen molar-refractivity contribution in [2.75, 3.05) is 31.6 Å². The number of benzene rings is 2. The van der Waals surface area contributed by atoms with Gasteiger partial charge < -0.3 is 14.5 Å². The van der Waals surface area contributed by atoms with Gasteiger partial charge in [-0.2, -0.15) is 0 Å². The molecule has 2 aromatic rings. The molecule has 156 valence electrons. The number of carbonyl (C=O) groups is 3. The van der Waals surface area contributed by atoms with Crippen LogP contribution in [0.5, 0.6) is 5.75 Å². The molecule has 2 aromatic carbocycles. The van der Waals surface area contributed by atoms with E-state index in [0.29, 0.717) is 38.0 Å². The van der Waals surface area contributed by atoms with E-state index in [4.69, 9.17) is 4.74 Å². The van der Waals surface area contributed by atoms with Gasteiger partial charge in [-0.3, -0.25) is 9.59 Å². The summed E-state index contributed by atoms with van der Waals surface area (Å²) in [7, 11) is 1.61. The van der Waals surface area contributed by atoms with Gasteiger partial charge in [0.15, 0.2) is 0 Å². The number of amides is 4.